The molecule has 1 unspecified atom stereocenters. The van der Waals surface area contributed by atoms with E-state index in [0.29, 0.717) is 12.2 Å². The van der Waals surface area contributed by atoms with E-state index in [4.69, 9.17) is 9.47 Å². The molecule has 0 aromatic heterocycles. The van der Waals surface area contributed by atoms with E-state index in [1.165, 1.54) is 4.90 Å². The molecule has 0 aliphatic carbocycles. The Morgan fingerprint density at radius 2 is 1.83 bits per heavy atom. The fourth-order valence-electron chi connectivity index (χ4n) is 6.13. The summed E-state index contributed by atoms with van der Waals surface area (Å²) in [6.07, 6.45) is 6.41. The Morgan fingerprint density at radius 3 is 2.50 bits per heavy atom. The van der Waals surface area contributed by atoms with Crippen molar-refractivity contribution < 1.29 is 29.0 Å². The number of esters is 1. The van der Waals surface area contributed by atoms with Crippen LogP contribution >= 0.6 is 0 Å². The molecule has 9 nitrogen and oxygen atoms in total. The van der Waals surface area contributed by atoms with Gasteiger partial charge >= 0.3 is 5.97 Å². The van der Waals surface area contributed by atoms with Gasteiger partial charge in [0.05, 0.1) is 24.7 Å². The maximum Gasteiger partial charge on any atom is 0.313 e. The molecule has 6 atom stereocenters. The molecule has 192 valence electrons. The Labute approximate surface area is 210 Å². The molecular formula is C27H33N3O6. The van der Waals surface area contributed by atoms with Crippen LogP contribution < -0.4 is 9.80 Å². The lowest BCUT2D eigenvalue weighted by atomic mass is 9.78. The van der Waals surface area contributed by atoms with Gasteiger partial charge in [-0.05, 0) is 51.1 Å². The molecule has 0 saturated carbocycles. The van der Waals surface area contributed by atoms with Crippen molar-refractivity contribution in [2.75, 3.05) is 42.6 Å². The van der Waals surface area contributed by atoms with Crippen LogP contribution in [0.2, 0.25) is 0 Å². The number of anilines is 2. The predicted molar refractivity (Wildman–Crippen MR) is 133 cm³/mol. The van der Waals surface area contributed by atoms with E-state index in [-0.39, 0.29) is 25.0 Å². The number of amides is 2. The molecule has 1 aromatic rings. The molecule has 0 bridgehead atoms. The normalized spacial score (nSPS) is 31.9. The van der Waals surface area contributed by atoms with Crippen molar-refractivity contribution in [3.63, 3.8) is 0 Å². The minimum atomic E-state index is -1.33. The van der Waals surface area contributed by atoms with Crippen LogP contribution in [0.5, 0.6) is 0 Å². The molecule has 4 heterocycles. The number of hydrogen-bond acceptors (Lipinski definition) is 7. The molecule has 2 saturated heterocycles. The summed E-state index contributed by atoms with van der Waals surface area (Å²) in [7, 11) is 0. The van der Waals surface area contributed by atoms with Crippen molar-refractivity contribution in [2.45, 2.75) is 44.6 Å². The van der Waals surface area contributed by atoms with Crippen LogP contribution in [0, 0.1) is 11.8 Å². The number of fused-ring (bicyclic) bond motifs is 2. The average Bonchev–Trinajstić information content (AvgIpc) is 3.19. The van der Waals surface area contributed by atoms with Crippen LogP contribution in [0.25, 0.3) is 0 Å². The second-order valence-electron chi connectivity index (χ2n) is 9.72. The third kappa shape index (κ3) is 3.56. The Bertz CT molecular complexity index is 1100. The highest BCUT2D eigenvalue weighted by Gasteiger charge is 2.72. The SMILES string of the molecule is CCN(CC)c1ccc(N2CC=C[C@]34O[C@@H]5C=CCOC(=O)[C@@H]5[C@H]3C(=O)N([C@H](C)CO)C4C2=O)cc1. The highest BCUT2D eigenvalue weighted by molar-refractivity contribution is 6.05. The van der Waals surface area contributed by atoms with Gasteiger partial charge in [-0.2, -0.15) is 0 Å². The Balaban J connectivity index is 1.56. The number of carbonyl (C=O) groups excluding carboxylic acids is 3. The standard InChI is InChI=1S/C27H33N3O6/c1-4-28(5-2)18-9-11-19(12-10-18)29-14-7-13-27-22(21-20(36-27)8-6-15-35-26(21)34)24(32)30(17(3)16-31)23(27)25(29)33/h6-13,17,20-23,31H,4-5,14-16H2,1-3H3/t17-,20-,21+,22+,23?,27+/m1/s1. The van der Waals surface area contributed by atoms with E-state index in [0.717, 1.165) is 18.8 Å². The van der Waals surface area contributed by atoms with Gasteiger partial charge in [0.25, 0.3) is 5.91 Å². The highest BCUT2D eigenvalue weighted by atomic mass is 16.6. The zero-order valence-electron chi connectivity index (χ0n) is 20.9. The van der Waals surface area contributed by atoms with Gasteiger partial charge in [0, 0.05) is 31.0 Å². The lowest BCUT2D eigenvalue weighted by Crippen LogP contribution is -2.57. The second-order valence-corrected chi connectivity index (χ2v) is 9.72. The molecule has 0 radical (unpaired) electrons. The lowest BCUT2D eigenvalue weighted by Gasteiger charge is -2.37. The first-order chi connectivity index (χ1) is 17.4. The van der Waals surface area contributed by atoms with Crippen LogP contribution in [0.4, 0.5) is 11.4 Å². The summed E-state index contributed by atoms with van der Waals surface area (Å²) >= 11 is 0. The number of carbonyl (C=O) groups is 3. The predicted octanol–water partition coefficient (Wildman–Crippen LogP) is 1.51. The van der Waals surface area contributed by atoms with Crippen molar-refractivity contribution >= 4 is 29.2 Å². The number of hydrogen-bond donors (Lipinski definition) is 1. The maximum absolute atomic E-state index is 14.2. The monoisotopic (exact) mass is 495 g/mol. The Kier molecular flexibility index (Phi) is 6.38. The first kappa shape index (κ1) is 24.5. The van der Waals surface area contributed by atoms with Gasteiger partial charge in [0.2, 0.25) is 5.91 Å². The van der Waals surface area contributed by atoms with Crippen LogP contribution in [-0.2, 0) is 23.9 Å². The summed E-state index contributed by atoms with van der Waals surface area (Å²) in [4.78, 5) is 46.2. The van der Waals surface area contributed by atoms with Crippen LogP contribution in [0.1, 0.15) is 20.8 Å². The minimum absolute atomic E-state index is 0.120. The van der Waals surface area contributed by atoms with E-state index in [9.17, 15) is 19.5 Å². The number of aliphatic hydroxyl groups is 1. The van der Waals surface area contributed by atoms with E-state index in [2.05, 4.69) is 18.7 Å². The third-order valence-electron chi connectivity index (χ3n) is 7.88. The van der Waals surface area contributed by atoms with Gasteiger partial charge in [-0.25, -0.2) is 0 Å². The smallest absolute Gasteiger partial charge is 0.313 e. The molecule has 1 aromatic carbocycles. The maximum atomic E-state index is 14.2. The summed E-state index contributed by atoms with van der Waals surface area (Å²) in [5.74, 6) is -2.96. The molecule has 1 spiro atoms. The molecule has 2 amide bonds. The van der Waals surface area contributed by atoms with Crippen molar-refractivity contribution in [3.8, 4) is 0 Å². The summed E-state index contributed by atoms with van der Waals surface area (Å²) in [5, 5.41) is 9.98. The summed E-state index contributed by atoms with van der Waals surface area (Å²) in [6.45, 7) is 7.73. The molecule has 5 rings (SSSR count). The Hall–Kier alpha value is -3.17. The van der Waals surface area contributed by atoms with Gasteiger partial charge in [-0.15, -0.1) is 0 Å². The van der Waals surface area contributed by atoms with Crippen molar-refractivity contribution in [1.82, 2.24) is 4.90 Å². The van der Waals surface area contributed by atoms with Crippen LogP contribution in [-0.4, -0.2) is 84.4 Å². The van der Waals surface area contributed by atoms with Gasteiger partial charge in [-0.3, -0.25) is 14.4 Å². The average molecular weight is 496 g/mol. The first-order valence-electron chi connectivity index (χ1n) is 12.7. The molecule has 1 N–H and O–H groups in total. The number of likely N-dealkylation sites (tertiary alicyclic amines) is 1. The van der Waals surface area contributed by atoms with E-state index < -0.39 is 41.6 Å². The largest absolute Gasteiger partial charge is 0.461 e. The molecule has 4 aliphatic rings. The van der Waals surface area contributed by atoms with Crippen molar-refractivity contribution in [2.24, 2.45) is 11.8 Å². The molecular weight excluding hydrogens is 462 g/mol. The topological polar surface area (TPSA) is 99.6 Å². The van der Waals surface area contributed by atoms with E-state index in [1.54, 1.807) is 30.1 Å². The molecule has 9 heteroatoms. The zero-order valence-corrected chi connectivity index (χ0v) is 20.9. The molecule has 4 aliphatic heterocycles. The zero-order chi connectivity index (χ0) is 25.6. The fraction of sp³-hybridized carbons (Fsp3) is 0.519. The fourth-order valence-corrected chi connectivity index (χ4v) is 6.13. The number of ether oxygens (including phenoxy) is 2. The summed E-state index contributed by atoms with van der Waals surface area (Å²) < 4.78 is 11.8. The van der Waals surface area contributed by atoms with Crippen molar-refractivity contribution in [3.05, 3.63) is 48.6 Å². The van der Waals surface area contributed by atoms with Gasteiger partial charge < -0.3 is 29.3 Å². The van der Waals surface area contributed by atoms with Gasteiger partial charge in [-0.1, -0.05) is 18.2 Å². The number of cyclic esters (lactones) is 1. The molecule has 2 fully saturated rings. The lowest BCUT2D eigenvalue weighted by molar-refractivity contribution is -0.153. The van der Waals surface area contributed by atoms with E-state index >= 15 is 0 Å². The minimum Gasteiger partial charge on any atom is -0.461 e. The number of aliphatic hydroxyl groups excluding tert-OH is 1. The third-order valence-corrected chi connectivity index (χ3v) is 7.88. The van der Waals surface area contributed by atoms with Gasteiger partial charge in [0.15, 0.2) is 0 Å². The van der Waals surface area contributed by atoms with E-state index in [1.807, 2.05) is 30.3 Å². The van der Waals surface area contributed by atoms with Crippen LogP contribution in [0.3, 0.4) is 0 Å². The van der Waals surface area contributed by atoms with Crippen molar-refractivity contribution in [1.29, 1.82) is 0 Å². The number of nitrogens with zero attached hydrogens (tertiary/aromatic N) is 3. The Morgan fingerprint density at radius 1 is 1.11 bits per heavy atom. The molecule has 36 heavy (non-hydrogen) atoms. The van der Waals surface area contributed by atoms with Crippen LogP contribution in [0.15, 0.2) is 48.6 Å². The summed E-state index contributed by atoms with van der Waals surface area (Å²) in [5.41, 5.74) is 0.439. The summed E-state index contributed by atoms with van der Waals surface area (Å²) in [6, 6.07) is 6.14. The second kappa shape index (κ2) is 9.37. The quantitative estimate of drug-likeness (QED) is 0.472. The first-order valence-corrected chi connectivity index (χ1v) is 12.7. The highest BCUT2D eigenvalue weighted by Crippen LogP contribution is 2.53. The number of benzene rings is 1. The van der Waals surface area contributed by atoms with Gasteiger partial charge in [0.1, 0.15) is 24.2 Å². The number of rotatable bonds is 6.